The molecule has 0 amide bonds. The van der Waals surface area contributed by atoms with E-state index >= 15 is 0 Å². The average Bonchev–Trinajstić information content (AvgIpc) is 2.50. The van der Waals surface area contributed by atoms with Crippen LogP contribution < -0.4 is 9.46 Å². The first-order valence-corrected chi connectivity index (χ1v) is 8.64. The van der Waals surface area contributed by atoms with E-state index in [2.05, 4.69) is 4.72 Å². The Labute approximate surface area is 144 Å². The van der Waals surface area contributed by atoms with Crippen molar-refractivity contribution < 1.29 is 18.1 Å². The Bertz CT molecular complexity index is 889. The molecule has 0 aliphatic heterocycles. The Morgan fingerprint density at radius 2 is 1.75 bits per heavy atom. The van der Waals surface area contributed by atoms with Gasteiger partial charge >= 0.3 is 0 Å². The molecule has 0 heterocycles. The van der Waals surface area contributed by atoms with Crippen LogP contribution in [0.2, 0.25) is 5.02 Å². The largest absolute Gasteiger partial charge is 0.495 e. The van der Waals surface area contributed by atoms with E-state index in [4.69, 9.17) is 16.3 Å². The number of sulfonamides is 1. The highest BCUT2D eigenvalue weighted by atomic mass is 35.5. The second kappa shape index (κ2) is 6.66. The number of rotatable bonds is 5. The van der Waals surface area contributed by atoms with Gasteiger partial charge in [-0.2, -0.15) is 0 Å². The van der Waals surface area contributed by atoms with Gasteiger partial charge in [0.15, 0.2) is 0 Å². The minimum Gasteiger partial charge on any atom is -0.495 e. The number of nitro benzene ring substituents is 1. The van der Waals surface area contributed by atoms with Crippen molar-refractivity contribution >= 4 is 33.0 Å². The van der Waals surface area contributed by atoms with Crippen LogP contribution in [0.4, 0.5) is 11.4 Å². The van der Waals surface area contributed by atoms with Gasteiger partial charge in [0.05, 0.1) is 17.7 Å². The lowest BCUT2D eigenvalue weighted by Gasteiger charge is -2.15. The highest BCUT2D eigenvalue weighted by molar-refractivity contribution is 7.92. The Balaban J connectivity index is 2.56. The van der Waals surface area contributed by atoms with Crippen LogP contribution in [0, 0.1) is 24.0 Å². The second-order valence-corrected chi connectivity index (χ2v) is 7.20. The van der Waals surface area contributed by atoms with Crippen molar-refractivity contribution in [3.63, 3.8) is 0 Å². The van der Waals surface area contributed by atoms with Gasteiger partial charge in [0.25, 0.3) is 15.7 Å². The van der Waals surface area contributed by atoms with Crippen molar-refractivity contribution in [1.82, 2.24) is 0 Å². The monoisotopic (exact) mass is 370 g/mol. The van der Waals surface area contributed by atoms with E-state index < -0.39 is 14.9 Å². The zero-order valence-electron chi connectivity index (χ0n) is 13.2. The molecule has 7 nitrogen and oxygen atoms in total. The predicted octanol–water partition coefficient (Wildman–Crippen LogP) is 3.67. The molecule has 0 aromatic heterocycles. The second-order valence-electron chi connectivity index (χ2n) is 5.11. The summed E-state index contributed by atoms with van der Waals surface area (Å²) in [6, 6.07) is 6.63. The number of nitrogens with one attached hydrogen (secondary N) is 1. The highest BCUT2D eigenvalue weighted by Gasteiger charge is 2.24. The number of non-ortho nitro benzene ring substituents is 1. The molecule has 0 saturated heterocycles. The maximum absolute atomic E-state index is 12.7. The number of methoxy groups -OCH3 is 1. The van der Waals surface area contributed by atoms with E-state index in [9.17, 15) is 18.5 Å². The minimum atomic E-state index is -4.09. The summed E-state index contributed by atoms with van der Waals surface area (Å²) in [4.78, 5) is 9.94. The molecule has 24 heavy (non-hydrogen) atoms. The first kappa shape index (κ1) is 18.0. The Hall–Kier alpha value is -2.32. The average molecular weight is 371 g/mol. The van der Waals surface area contributed by atoms with Gasteiger partial charge in [-0.1, -0.05) is 11.6 Å². The normalized spacial score (nSPS) is 11.2. The molecule has 0 aliphatic rings. The molecule has 0 bridgehead atoms. The Kier molecular flexibility index (Phi) is 5.00. The number of ether oxygens (including phenoxy) is 1. The molecule has 1 N–H and O–H groups in total. The highest BCUT2D eigenvalue weighted by Crippen LogP contribution is 2.32. The summed E-state index contributed by atoms with van der Waals surface area (Å²) in [6.07, 6.45) is 0. The summed E-state index contributed by atoms with van der Waals surface area (Å²) in [5.41, 5.74) is 1.29. The van der Waals surface area contributed by atoms with Crippen molar-refractivity contribution in [2.75, 3.05) is 11.8 Å². The van der Waals surface area contributed by atoms with Crippen LogP contribution in [0.15, 0.2) is 35.2 Å². The summed E-state index contributed by atoms with van der Waals surface area (Å²) < 4.78 is 32.9. The number of nitrogens with zero attached hydrogens (tertiary/aromatic N) is 1. The predicted molar refractivity (Wildman–Crippen MR) is 91.4 cm³/mol. The number of anilines is 1. The van der Waals surface area contributed by atoms with E-state index in [1.807, 2.05) is 0 Å². The number of hydrogen-bond acceptors (Lipinski definition) is 5. The van der Waals surface area contributed by atoms with Crippen molar-refractivity contribution in [2.24, 2.45) is 0 Å². The number of hydrogen-bond donors (Lipinski definition) is 1. The van der Waals surface area contributed by atoms with Crippen molar-refractivity contribution in [3.8, 4) is 5.75 Å². The zero-order chi connectivity index (χ0) is 18.1. The van der Waals surface area contributed by atoms with Crippen LogP contribution in [0.3, 0.4) is 0 Å². The molecule has 2 rings (SSSR count). The zero-order valence-corrected chi connectivity index (χ0v) is 14.7. The molecule has 0 spiro atoms. The third-order valence-electron chi connectivity index (χ3n) is 3.38. The van der Waals surface area contributed by atoms with Gasteiger partial charge in [-0.15, -0.1) is 0 Å². The van der Waals surface area contributed by atoms with Gasteiger partial charge in [0, 0.05) is 17.2 Å². The van der Waals surface area contributed by atoms with Crippen molar-refractivity contribution in [2.45, 2.75) is 18.7 Å². The minimum absolute atomic E-state index is 0.0115. The molecule has 2 aromatic carbocycles. The number of aryl methyl sites for hydroxylation is 2. The standard InChI is InChI=1S/C15H15ClN2O5S/c1-9-6-11(16)7-10(2)15(9)17-24(21,22)14-8-12(18(19)20)4-5-13(14)23-3/h4-8,17H,1-3H3. The SMILES string of the molecule is COc1ccc([N+](=O)[O-])cc1S(=O)(=O)Nc1c(C)cc(Cl)cc1C. The summed E-state index contributed by atoms with van der Waals surface area (Å²) >= 11 is 5.94. The van der Waals surface area contributed by atoms with E-state index in [0.29, 0.717) is 21.8 Å². The van der Waals surface area contributed by atoms with Gasteiger partial charge in [-0.3, -0.25) is 14.8 Å². The molecule has 0 atom stereocenters. The van der Waals surface area contributed by atoms with Crippen LogP contribution >= 0.6 is 11.6 Å². The van der Waals surface area contributed by atoms with E-state index in [1.165, 1.54) is 19.2 Å². The summed E-state index contributed by atoms with van der Waals surface area (Å²) in [5.74, 6) is 0.0115. The van der Waals surface area contributed by atoms with Crippen molar-refractivity contribution in [3.05, 3.63) is 56.6 Å². The molecule has 0 radical (unpaired) electrons. The fraction of sp³-hybridized carbons (Fsp3) is 0.200. The van der Waals surface area contributed by atoms with E-state index in [-0.39, 0.29) is 16.3 Å². The lowest BCUT2D eigenvalue weighted by molar-refractivity contribution is -0.385. The third kappa shape index (κ3) is 3.60. The van der Waals surface area contributed by atoms with E-state index in [1.54, 1.807) is 26.0 Å². The van der Waals surface area contributed by atoms with Gasteiger partial charge in [0.1, 0.15) is 10.6 Å². The lowest BCUT2D eigenvalue weighted by atomic mass is 10.1. The number of nitro groups is 1. The van der Waals surface area contributed by atoms with Crippen LogP contribution in [0.5, 0.6) is 5.75 Å². The lowest BCUT2D eigenvalue weighted by Crippen LogP contribution is -2.16. The van der Waals surface area contributed by atoms with Crippen LogP contribution in [-0.4, -0.2) is 20.5 Å². The molecule has 0 aliphatic carbocycles. The Morgan fingerprint density at radius 3 is 2.25 bits per heavy atom. The molecule has 0 unspecified atom stereocenters. The van der Waals surface area contributed by atoms with Gasteiger partial charge in [-0.05, 0) is 43.2 Å². The molecule has 0 fully saturated rings. The summed E-state index contributed by atoms with van der Waals surface area (Å²) in [5, 5.41) is 11.4. The van der Waals surface area contributed by atoms with Crippen LogP contribution in [0.25, 0.3) is 0 Å². The van der Waals surface area contributed by atoms with Gasteiger partial charge in [0.2, 0.25) is 0 Å². The summed E-state index contributed by atoms with van der Waals surface area (Å²) in [7, 11) is -2.80. The van der Waals surface area contributed by atoms with Crippen LogP contribution in [0.1, 0.15) is 11.1 Å². The molecule has 0 saturated carbocycles. The number of halogens is 1. The quantitative estimate of drug-likeness (QED) is 0.639. The molecular weight excluding hydrogens is 356 g/mol. The smallest absolute Gasteiger partial charge is 0.271 e. The van der Waals surface area contributed by atoms with Crippen molar-refractivity contribution in [1.29, 1.82) is 0 Å². The van der Waals surface area contributed by atoms with Crippen LogP contribution in [-0.2, 0) is 10.0 Å². The molecule has 2 aromatic rings. The number of benzene rings is 2. The topological polar surface area (TPSA) is 98.5 Å². The van der Waals surface area contributed by atoms with Gasteiger partial charge in [-0.25, -0.2) is 8.42 Å². The molecule has 9 heteroatoms. The maximum atomic E-state index is 12.7. The van der Waals surface area contributed by atoms with Gasteiger partial charge < -0.3 is 4.74 Å². The first-order valence-electron chi connectivity index (χ1n) is 6.77. The fourth-order valence-electron chi connectivity index (χ4n) is 2.25. The Morgan fingerprint density at radius 1 is 1.17 bits per heavy atom. The molecule has 128 valence electrons. The fourth-order valence-corrected chi connectivity index (χ4v) is 3.97. The summed E-state index contributed by atoms with van der Waals surface area (Å²) in [6.45, 7) is 3.42. The maximum Gasteiger partial charge on any atom is 0.271 e. The molecular formula is C15H15ClN2O5S. The third-order valence-corrected chi connectivity index (χ3v) is 4.97. The first-order chi connectivity index (χ1) is 11.2. The van der Waals surface area contributed by atoms with E-state index in [0.717, 1.165) is 6.07 Å².